The number of pyridine rings is 1. The second-order valence-corrected chi connectivity index (χ2v) is 6.20. The zero-order chi connectivity index (χ0) is 11.9. The molecule has 0 N–H and O–H groups in total. The highest BCUT2D eigenvalue weighted by atomic mass is 35.6. The molecule has 16 heavy (non-hydrogen) atoms. The zero-order valence-corrected chi connectivity index (χ0v) is 11.3. The predicted molar refractivity (Wildman–Crippen MR) is 70.7 cm³/mol. The third kappa shape index (κ3) is 2.38. The van der Waals surface area contributed by atoms with Gasteiger partial charge in [0, 0.05) is 5.39 Å². The van der Waals surface area contributed by atoms with Gasteiger partial charge in [-0.1, -0.05) is 58.0 Å². The van der Waals surface area contributed by atoms with Gasteiger partial charge in [-0.05, 0) is 25.1 Å². The Morgan fingerprint density at radius 2 is 1.81 bits per heavy atom. The minimum absolute atomic E-state index is 0.332. The molecule has 5 heteroatoms. The maximum Gasteiger partial charge on any atom is 0.232 e. The van der Waals surface area contributed by atoms with Crippen molar-refractivity contribution in [2.75, 3.05) is 0 Å². The smallest absolute Gasteiger partial charge is 0.232 e. The number of benzene rings is 1. The van der Waals surface area contributed by atoms with Crippen molar-refractivity contribution in [3.8, 4) is 0 Å². The van der Waals surface area contributed by atoms with E-state index in [1.165, 1.54) is 0 Å². The van der Waals surface area contributed by atoms with E-state index in [0.717, 1.165) is 16.5 Å². The van der Waals surface area contributed by atoms with Crippen LogP contribution in [0.4, 0.5) is 0 Å². The summed E-state index contributed by atoms with van der Waals surface area (Å²) in [6.45, 7) is 1.98. The molecule has 1 aromatic heterocycles. The number of alkyl halides is 3. The molecule has 84 valence electrons. The van der Waals surface area contributed by atoms with E-state index in [4.69, 9.17) is 46.4 Å². The first-order valence-electron chi connectivity index (χ1n) is 4.52. The van der Waals surface area contributed by atoms with E-state index >= 15 is 0 Å². The molecular formula is C11H7Cl4N. The molecule has 1 aromatic carbocycles. The fraction of sp³-hybridized carbons (Fsp3) is 0.182. The minimum atomic E-state index is -1.55. The lowest BCUT2D eigenvalue weighted by Gasteiger charge is -2.12. The van der Waals surface area contributed by atoms with Gasteiger partial charge in [-0.25, -0.2) is 4.98 Å². The highest BCUT2D eigenvalue weighted by molar-refractivity contribution is 6.66. The van der Waals surface area contributed by atoms with Crippen LogP contribution in [-0.2, 0) is 3.79 Å². The highest BCUT2D eigenvalue weighted by Crippen LogP contribution is 2.39. The number of hydrogen-bond acceptors (Lipinski definition) is 1. The summed E-state index contributed by atoms with van der Waals surface area (Å²) in [5.41, 5.74) is 2.16. The molecule has 0 atom stereocenters. The predicted octanol–water partition coefficient (Wildman–Crippen LogP) is 5.02. The van der Waals surface area contributed by atoms with Crippen molar-refractivity contribution in [2.45, 2.75) is 10.7 Å². The van der Waals surface area contributed by atoms with E-state index in [0.29, 0.717) is 10.7 Å². The quantitative estimate of drug-likeness (QED) is 0.622. The van der Waals surface area contributed by atoms with Gasteiger partial charge in [0.15, 0.2) is 0 Å². The first-order chi connectivity index (χ1) is 7.38. The van der Waals surface area contributed by atoms with Crippen LogP contribution in [0.25, 0.3) is 10.9 Å². The van der Waals surface area contributed by atoms with Gasteiger partial charge < -0.3 is 0 Å². The maximum atomic E-state index is 6.12. The van der Waals surface area contributed by atoms with E-state index in [-0.39, 0.29) is 0 Å². The molecular weight excluding hydrogens is 288 g/mol. The Bertz CT molecular complexity index is 545. The van der Waals surface area contributed by atoms with E-state index in [1.54, 1.807) is 6.07 Å². The number of hydrogen-bond donors (Lipinski definition) is 0. The molecule has 0 amide bonds. The molecule has 0 saturated heterocycles. The second kappa shape index (κ2) is 4.23. The topological polar surface area (TPSA) is 12.9 Å². The normalized spacial score (nSPS) is 12.1. The summed E-state index contributed by atoms with van der Waals surface area (Å²) in [7, 11) is 0. The fourth-order valence-electron chi connectivity index (χ4n) is 1.44. The van der Waals surface area contributed by atoms with E-state index in [2.05, 4.69) is 4.98 Å². The molecule has 1 heterocycles. The number of aromatic nitrogens is 1. The minimum Gasteiger partial charge on any atom is -0.248 e. The Morgan fingerprint density at radius 1 is 1.12 bits per heavy atom. The second-order valence-electron chi connectivity index (χ2n) is 3.51. The summed E-state index contributed by atoms with van der Waals surface area (Å²) in [5, 5.41) is 1.40. The first kappa shape index (κ1) is 12.3. The Labute approximate surface area is 113 Å². The zero-order valence-electron chi connectivity index (χ0n) is 8.27. The van der Waals surface area contributed by atoms with E-state index in [9.17, 15) is 0 Å². The van der Waals surface area contributed by atoms with Crippen molar-refractivity contribution in [1.29, 1.82) is 0 Å². The maximum absolute atomic E-state index is 6.12. The Balaban J connectivity index is 2.74. The Hall–Kier alpha value is -0.210. The van der Waals surface area contributed by atoms with Gasteiger partial charge in [0.05, 0.1) is 16.2 Å². The molecule has 0 saturated carbocycles. The largest absolute Gasteiger partial charge is 0.248 e. The van der Waals surface area contributed by atoms with Gasteiger partial charge in [0.1, 0.15) is 0 Å². The highest BCUT2D eigenvalue weighted by Gasteiger charge is 2.25. The molecule has 0 radical (unpaired) electrons. The van der Waals surface area contributed by atoms with Crippen LogP contribution in [0.15, 0.2) is 24.3 Å². The van der Waals surface area contributed by atoms with Crippen LogP contribution in [0.1, 0.15) is 11.3 Å². The monoisotopic (exact) mass is 293 g/mol. The first-order valence-corrected chi connectivity index (χ1v) is 6.03. The van der Waals surface area contributed by atoms with Gasteiger partial charge in [-0.2, -0.15) is 0 Å². The average Bonchev–Trinajstić information content (AvgIpc) is 2.17. The summed E-state index contributed by atoms with van der Waals surface area (Å²) >= 11 is 23.4. The SMILES string of the molecule is Cc1ccc2nc(C(Cl)(Cl)Cl)cc(Cl)c2c1. The molecule has 0 aliphatic carbocycles. The van der Waals surface area contributed by atoms with E-state index < -0.39 is 3.79 Å². The van der Waals surface area contributed by atoms with Crippen molar-refractivity contribution in [3.05, 3.63) is 40.5 Å². The molecule has 2 rings (SSSR count). The summed E-state index contributed by atoms with van der Waals surface area (Å²) in [6, 6.07) is 7.33. The van der Waals surface area contributed by atoms with Gasteiger partial charge in [-0.15, -0.1) is 0 Å². The number of rotatable bonds is 0. The lowest BCUT2D eigenvalue weighted by atomic mass is 10.1. The average molecular weight is 295 g/mol. The summed E-state index contributed by atoms with van der Waals surface area (Å²) < 4.78 is -1.55. The standard InChI is InChI=1S/C11H7Cl4N/c1-6-2-3-9-7(4-6)8(12)5-10(16-9)11(13,14)15/h2-5H,1H3. The van der Waals surface area contributed by atoms with Crippen molar-refractivity contribution in [2.24, 2.45) is 0 Å². The molecule has 0 fully saturated rings. The number of aryl methyl sites for hydroxylation is 1. The van der Waals surface area contributed by atoms with Gasteiger partial charge in [0.2, 0.25) is 3.79 Å². The van der Waals surface area contributed by atoms with Crippen molar-refractivity contribution >= 4 is 57.3 Å². The molecule has 1 nitrogen and oxygen atoms in total. The van der Waals surface area contributed by atoms with Crippen molar-refractivity contribution in [1.82, 2.24) is 4.98 Å². The fourth-order valence-corrected chi connectivity index (χ4v) is 1.99. The van der Waals surface area contributed by atoms with Gasteiger partial charge in [0.25, 0.3) is 0 Å². The summed E-state index contributed by atoms with van der Waals surface area (Å²) in [4.78, 5) is 4.27. The van der Waals surface area contributed by atoms with Crippen molar-refractivity contribution < 1.29 is 0 Å². The third-order valence-electron chi connectivity index (χ3n) is 2.20. The molecule has 2 aromatic rings. The van der Waals surface area contributed by atoms with Crippen molar-refractivity contribution in [3.63, 3.8) is 0 Å². The van der Waals surface area contributed by atoms with Crippen LogP contribution >= 0.6 is 46.4 Å². The van der Waals surface area contributed by atoms with Crippen LogP contribution in [0.5, 0.6) is 0 Å². The lowest BCUT2D eigenvalue weighted by Crippen LogP contribution is -2.03. The van der Waals surface area contributed by atoms with Crippen LogP contribution < -0.4 is 0 Å². The molecule has 0 spiro atoms. The van der Waals surface area contributed by atoms with E-state index in [1.807, 2.05) is 25.1 Å². The van der Waals surface area contributed by atoms with Crippen LogP contribution in [0, 0.1) is 6.92 Å². The number of nitrogens with zero attached hydrogens (tertiary/aromatic N) is 1. The number of fused-ring (bicyclic) bond motifs is 1. The summed E-state index contributed by atoms with van der Waals surface area (Å²) in [5.74, 6) is 0. The Morgan fingerprint density at radius 3 is 2.44 bits per heavy atom. The van der Waals surface area contributed by atoms with Crippen LogP contribution in [0.3, 0.4) is 0 Å². The summed E-state index contributed by atoms with van der Waals surface area (Å²) in [6.07, 6.45) is 0. The molecule has 0 aliphatic rings. The third-order valence-corrected chi connectivity index (χ3v) is 3.10. The van der Waals surface area contributed by atoms with Crippen LogP contribution in [-0.4, -0.2) is 4.98 Å². The lowest BCUT2D eigenvalue weighted by molar-refractivity contribution is 1.12. The molecule has 0 aliphatic heterocycles. The molecule has 0 unspecified atom stereocenters. The van der Waals surface area contributed by atoms with Gasteiger partial charge >= 0.3 is 0 Å². The molecule has 0 bridgehead atoms. The van der Waals surface area contributed by atoms with Gasteiger partial charge in [-0.3, -0.25) is 0 Å². The number of halogens is 4. The Kier molecular flexibility index (Phi) is 3.24. The van der Waals surface area contributed by atoms with Crippen LogP contribution in [0.2, 0.25) is 5.02 Å².